The van der Waals surface area contributed by atoms with Crippen LogP contribution < -0.4 is 10.2 Å². The van der Waals surface area contributed by atoms with Crippen LogP contribution in [0, 0.1) is 11.8 Å². The van der Waals surface area contributed by atoms with E-state index in [1.165, 1.54) is 4.90 Å². The van der Waals surface area contributed by atoms with Crippen LogP contribution in [0.2, 0.25) is 0 Å². The summed E-state index contributed by atoms with van der Waals surface area (Å²) in [5.74, 6) is -1.84. The standard InChI is InChI=1S/C24H22BrN3O3/c1-2-13-8-9-17-16(11-13)24(23(31)26-17)20-19(18-7-4-10-27(18)24)21(29)28(22(20)30)15-6-3-5-14(25)12-15/h3,5-6,8-9,11-12,18-20H,2,4,7,10H2,1H3,(H,26,31)/t18-,19-,20-,24+/m0/s1. The van der Waals surface area contributed by atoms with Crippen LogP contribution in [-0.4, -0.2) is 35.2 Å². The summed E-state index contributed by atoms with van der Waals surface area (Å²) in [4.78, 5) is 44.7. The fraction of sp³-hybridized carbons (Fsp3) is 0.375. The molecule has 2 aromatic carbocycles. The number of hydrogen-bond acceptors (Lipinski definition) is 4. The zero-order chi connectivity index (χ0) is 21.5. The predicted molar refractivity (Wildman–Crippen MR) is 119 cm³/mol. The van der Waals surface area contributed by atoms with E-state index in [1.54, 1.807) is 12.1 Å². The molecule has 6 nitrogen and oxygen atoms in total. The molecular formula is C24H22BrN3O3. The minimum Gasteiger partial charge on any atom is -0.324 e. The Bertz CT molecular complexity index is 1160. The number of imide groups is 1. The Labute approximate surface area is 188 Å². The largest absolute Gasteiger partial charge is 0.324 e. The number of rotatable bonds is 2. The molecule has 0 unspecified atom stereocenters. The summed E-state index contributed by atoms with van der Waals surface area (Å²) in [5, 5.41) is 3.04. The van der Waals surface area contributed by atoms with Gasteiger partial charge in [0.15, 0.2) is 0 Å². The van der Waals surface area contributed by atoms with Crippen LogP contribution in [-0.2, 0) is 26.3 Å². The molecule has 31 heavy (non-hydrogen) atoms. The van der Waals surface area contributed by atoms with Crippen molar-refractivity contribution in [1.29, 1.82) is 0 Å². The van der Waals surface area contributed by atoms with Crippen molar-refractivity contribution < 1.29 is 14.4 Å². The molecule has 3 fully saturated rings. The number of nitrogens with one attached hydrogen (secondary N) is 1. The summed E-state index contributed by atoms with van der Waals surface area (Å²) in [6, 6.07) is 13.2. The molecule has 4 heterocycles. The molecule has 1 N–H and O–H groups in total. The molecule has 1 spiro atoms. The third kappa shape index (κ3) is 2.28. The van der Waals surface area contributed by atoms with E-state index in [0.29, 0.717) is 5.69 Å². The molecule has 3 saturated heterocycles. The topological polar surface area (TPSA) is 69.7 Å². The summed E-state index contributed by atoms with van der Waals surface area (Å²) in [6.07, 6.45) is 2.58. The second-order valence-electron chi connectivity index (χ2n) is 8.85. The van der Waals surface area contributed by atoms with Crippen LogP contribution in [0.15, 0.2) is 46.9 Å². The average molecular weight is 480 g/mol. The summed E-state index contributed by atoms with van der Waals surface area (Å²) < 4.78 is 0.802. The molecule has 0 aromatic heterocycles. The van der Waals surface area contributed by atoms with E-state index in [1.807, 2.05) is 24.3 Å². The Kier molecular flexibility index (Phi) is 4.02. The minimum atomic E-state index is -1.11. The average Bonchev–Trinajstić information content (AvgIpc) is 3.46. The second-order valence-corrected chi connectivity index (χ2v) is 9.77. The van der Waals surface area contributed by atoms with Crippen molar-refractivity contribution in [3.8, 4) is 0 Å². The Morgan fingerprint density at radius 3 is 2.74 bits per heavy atom. The van der Waals surface area contributed by atoms with Gasteiger partial charge in [-0.15, -0.1) is 0 Å². The van der Waals surface area contributed by atoms with Crippen molar-refractivity contribution in [3.05, 3.63) is 58.1 Å². The highest BCUT2D eigenvalue weighted by molar-refractivity contribution is 9.10. The number of anilines is 2. The van der Waals surface area contributed by atoms with Crippen LogP contribution in [0.25, 0.3) is 0 Å². The first-order valence-corrected chi connectivity index (χ1v) is 11.6. The van der Waals surface area contributed by atoms with Gasteiger partial charge in [-0.05, 0) is 55.6 Å². The Morgan fingerprint density at radius 1 is 1.13 bits per heavy atom. The molecule has 4 aliphatic rings. The lowest BCUT2D eigenvalue weighted by atomic mass is 9.75. The van der Waals surface area contributed by atoms with Crippen LogP contribution in [0.3, 0.4) is 0 Å². The molecule has 6 rings (SSSR count). The van der Waals surface area contributed by atoms with Crippen molar-refractivity contribution in [2.45, 2.75) is 37.8 Å². The molecule has 3 amide bonds. The number of hydrogen-bond donors (Lipinski definition) is 1. The highest BCUT2D eigenvalue weighted by Crippen LogP contribution is 2.60. The third-order valence-corrected chi connectivity index (χ3v) is 8.02. The van der Waals surface area contributed by atoms with Crippen LogP contribution >= 0.6 is 15.9 Å². The number of amides is 3. The predicted octanol–water partition coefficient (Wildman–Crippen LogP) is 3.44. The summed E-state index contributed by atoms with van der Waals surface area (Å²) >= 11 is 3.44. The highest BCUT2D eigenvalue weighted by Gasteiger charge is 2.74. The van der Waals surface area contributed by atoms with Crippen LogP contribution in [0.1, 0.15) is 30.9 Å². The highest BCUT2D eigenvalue weighted by atomic mass is 79.9. The number of carbonyl (C=O) groups is 3. The summed E-state index contributed by atoms with van der Waals surface area (Å²) in [7, 11) is 0. The van der Waals surface area contributed by atoms with Gasteiger partial charge in [0.1, 0.15) is 5.54 Å². The molecule has 158 valence electrons. The SMILES string of the molecule is CCc1ccc2c(c1)[C@]1(C(=O)N2)[C@@H]2C(=O)N(c3cccc(Br)c3)C(=O)[C@H]2[C@@H]2CCCN21. The molecule has 7 heteroatoms. The maximum Gasteiger partial charge on any atom is 0.250 e. The quantitative estimate of drug-likeness (QED) is 0.669. The van der Waals surface area contributed by atoms with Crippen molar-refractivity contribution >= 4 is 45.0 Å². The maximum absolute atomic E-state index is 13.9. The lowest BCUT2D eigenvalue weighted by molar-refractivity contribution is -0.135. The van der Waals surface area contributed by atoms with Crippen LogP contribution in [0.4, 0.5) is 11.4 Å². The Balaban J connectivity index is 1.56. The van der Waals surface area contributed by atoms with E-state index in [9.17, 15) is 14.4 Å². The smallest absolute Gasteiger partial charge is 0.250 e. The number of carbonyl (C=O) groups excluding carboxylic acids is 3. The van der Waals surface area contributed by atoms with Gasteiger partial charge in [0.2, 0.25) is 17.7 Å². The number of fused-ring (bicyclic) bond motifs is 7. The van der Waals surface area contributed by atoms with Crippen LogP contribution in [0.5, 0.6) is 0 Å². The molecule has 4 aliphatic heterocycles. The van der Waals surface area contributed by atoms with Gasteiger partial charge >= 0.3 is 0 Å². The van der Waals surface area contributed by atoms with Crippen molar-refractivity contribution in [1.82, 2.24) is 4.90 Å². The normalized spacial score (nSPS) is 31.4. The molecule has 0 bridgehead atoms. The fourth-order valence-corrected chi connectivity index (χ4v) is 6.73. The van der Waals surface area contributed by atoms with E-state index in [-0.39, 0.29) is 23.8 Å². The first kappa shape index (κ1) is 19.2. The summed E-state index contributed by atoms with van der Waals surface area (Å²) in [5.41, 5.74) is 2.18. The van der Waals surface area contributed by atoms with E-state index < -0.39 is 17.4 Å². The second kappa shape index (κ2) is 6.50. The van der Waals surface area contributed by atoms with Gasteiger partial charge in [-0.1, -0.05) is 41.1 Å². The molecule has 0 saturated carbocycles. The summed E-state index contributed by atoms with van der Waals surface area (Å²) in [6.45, 7) is 2.80. The molecular weight excluding hydrogens is 458 g/mol. The number of benzene rings is 2. The number of aryl methyl sites for hydroxylation is 1. The van der Waals surface area contributed by atoms with Gasteiger partial charge < -0.3 is 5.32 Å². The molecule has 0 radical (unpaired) electrons. The minimum absolute atomic E-state index is 0.0967. The fourth-order valence-electron chi connectivity index (χ4n) is 6.34. The Morgan fingerprint density at radius 2 is 1.97 bits per heavy atom. The van der Waals surface area contributed by atoms with Gasteiger partial charge in [-0.3, -0.25) is 19.3 Å². The zero-order valence-electron chi connectivity index (χ0n) is 17.1. The van der Waals surface area contributed by atoms with Crippen molar-refractivity contribution in [2.75, 3.05) is 16.8 Å². The van der Waals surface area contributed by atoms with Crippen molar-refractivity contribution in [2.24, 2.45) is 11.8 Å². The van der Waals surface area contributed by atoms with Gasteiger partial charge in [-0.2, -0.15) is 0 Å². The Hall–Kier alpha value is -2.51. The molecule has 4 atom stereocenters. The number of halogens is 1. The van der Waals surface area contributed by atoms with Gasteiger partial charge in [0.25, 0.3) is 0 Å². The first-order chi connectivity index (χ1) is 15.0. The first-order valence-electron chi connectivity index (χ1n) is 10.8. The number of nitrogens with zero attached hydrogens (tertiary/aromatic N) is 2. The van der Waals surface area contributed by atoms with Gasteiger partial charge in [0, 0.05) is 21.8 Å². The van der Waals surface area contributed by atoms with Crippen molar-refractivity contribution in [3.63, 3.8) is 0 Å². The molecule has 2 aromatic rings. The molecule has 0 aliphatic carbocycles. The van der Waals surface area contributed by atoms with E-state index >= 15 is 0 Å². The van der Waals surface area contributed by atoms with Gasteiger partial charge in [0.05, 0.1) is 17.5 Å². The third-order valence-electron chi connectivity index (χ3n) is 7.53. The zero-order valence-corrected chi connectivity index (χ0v) is 18.7. The lowest BCUT2D eigenvalue weighted by Crippen LogP contribution is -2.54. The van der Waals surface area contributed by atoms with Gasteiger partial charge in [-0.25, -0.2) is 4.90 Å². The lowest BCUT2D eigenvalue weighted by Gasteiger charge is -2.36. The van der Waals surface area contributed by atoms with E-state index in [4.69, 9.17) is 0 Å². The maximum atomic E-state index is 13.9. The van der Waals surface area contributed by atoms with E-state index in [0.717, 1.165) is 47.1 Å². The monoisotopic (exact) mass is 479 g/mol. The van der Waals surface area contributed by atoms with E-state index in [2.05, 4.69) is 39.1 Å².